The molecule has 0 unspecified atom stereocenters. The molecule has 0 atom stereocenters. The molecule has 0 amide bonds. The van der Waals surface area contributed by atoms with E-state index in [0.717, 1.165) is 5.56 Å². The second kappa shape index (κ2) is 4.41. The van der Waals surface area contributed by atoms with Crippen LogP contribution in [-0.2, 0) is 6.42 Å². The monoisotopic (exact) mass is 199 g/mol. The van der Waals surface area contributed by atoms with E-state index < -0.39 is 0 Å². The fourth-order valence-electron chi connectivity index (χ4n) is 1.23. The number of pyridine rings is 1. The molecular weight excluding hydrogens is 190 g/mol. The van der Waals surface area contributed by atoms with Gasteiger partial charge in [0.05, 0.1) is 0 Å². The van der Waals surface area contributed by atoms with Crippen LogP contribution in [0.4, 0.5) is 0 Å². The summed E-state index contributed by atoms with van der Waals surface area (Å²) in [7, 11) is 0. The van der Waals surface area contributed by atoms with Crippen LogP contribution in [0.25, 0.3) is 0 Å². The average Bonchev–Trinajstić information content (AvgIpc) is 2.31. The van der Waals surface area contributed by atoms with Gasteiger partial charge in [0.2, 0.25) is 0 Å². The maximum Gasteiger partial charge on any atom is 0.185 e. The lowest BCUT2D eigenvalue weighted by atomic mass is 10.1. The highest BCUT2D eigenvalue weighted by atomic mass is 16.1. The summed E-state index contributed by atoms with van der Waals surface area (Å²) in [5.41, 5.74) is 1.38. The van der Waals surface area contributed by atoms with E-state index >= 15 is 0 Å². The highest BCUT2D eigenvalue weighted by Crippen LogP contribution is 2.03. The number of carbonyl (C=O) groups excluding carboxylic acids is 1. The molecule has 0 bridgehead atoms. The molecule has 0 aliphatic heterocycles. The van der Waals surface area contributed by atoms with Gasteiger partial charge in [-0.2, -0.15) is 0 Å². The summed E-state index contributed by atoms with van der Waals surface area (Å²) in [6.07, 6.45) is 6.62. The summed E-state index contributed by atoms with van der Waals surface area (Å²) in [5.74, 6) is -0.0106. The number of hydrogen-bond donors (Lipinski definition) is 0. The molecule has 74 valence electrons. The van der Waals surface area contributed by atoms with Gasteiger partial charge in [-0.05, 0) is 23.8 Å². The molecule has 2 aromatic rings. The van der Waals surface area contributed by atoms with Gasteiger partial charge in [-0.3, -0.25) is 9.78 Å². The van der Waals surface area contributed by atoms with Crippen molar-refractivity contribution in [3.05, 3.63) is 54.4 Å². The third-order valence-electron chi connectivity index (χ3n) is 1.98. The van der Waals surface area contributed by atoms with Gasteiger partial charge in [0.25, 0.3) is 0 Å². The van der Waals surface area contributed by atoms with Crippen LogP contribution in [0, 0.1) is 0 Å². The zero-order valence-corrected chi connectivity index (χ0v) is 8.00. The summed E-state index contributed by atoms with van der Waals surface area (Å²) in [6.45, 7) is 0. The normalized spacial score (nSPS) is 9.87. The Kier molecular flexibility index (Phi) is 2.78. The molecule has 2 heterocycles. The van der Waals surface area contributed by atoms with E-state index in [1.54, 1.807) is 24.7 Å². The van der Waals surface area contributed by atoms with E-state index in [9.17, 15) is 4.79 Å². The van der Waals surface area contributed by atoms with Crippen LogP contribution in [0.3, 0.4) is 0 Å². The molecular formula is C11H9N3O. The van der Waals surface area contributed by atoms with Crippen LogP contribution in [-0.4, -0.2) is 20.7 Å². The third-order valence-corrected chi connectivity index (χ3v) is 1.98. The lowest BCUT2D eigenvalue weighted by Crippen LogP contribution is -2.05. The summed E-state index contributed by atoms with van der Waals surface area (Å²) in [5, 5.41) is 0. The molecule has 0 aliphatic rings. The number of aromatic nitrogens is 3. The average molecular weight is 199 g/mol. The van der Waals surface area contributed by atoms with Crippen molar-refractivity contribution in [2.75, 3.05) is 0 Å². The standard InChI is InChI=1S/C11H9N3O/c15-11(10-3-6-13-8-14-10)7-9-1-4-12-5-2-9/h1-6,8H,7H2. The number of nitrogens with zero attached hydrogens (tertiary/aromatic N) is 3. The zero-order valence-electron chi connectivity index (χ0n) is 8.00. The molecule has 0 saturated heterocycles. The minimum absolute atomic E-state index is 0.0106. The van der Waals surface area contributed by atoms with Crippen LogP contribution < -0.4 is 0 Å². The fourth-order valence-corrected chi connectivity index (χ4v) is 1.23. The van der Waals surface area contributed by atoms with E-state index in [0.29, 0.717) is 12.1 Å². The van der Waals surface area contributed by atoms with Crippen LogP contribution in [0.2, 0.25) is 0 Å². The SMILES string of the molecule is O=C(Cc1ccncc1)c1ccncn1. The van der Waals surface area contributed by atoms with Crippen molar-refractivity contribution in [3.8, 4) is 0 Å². The lowest BCUT2D eigenvalue weighted by Gasteiger charge is -1.99. The Bertz CT molecular complexity index is 442. The van der Waals surface area contributed by atoms with Gasteiger partial charge in [-0.1, -0.05) is 0 Å². The number of rotatable bonds is 3. The first-order chi connectivity index (χ1) is 7.36. The van der Waals surface area contributed by atoms with Gasteiger partial charge in [0, 0.05) is 25.0 Å². The summed E-state index contributed by atoms with van der Waals surface area (Å²) < 4.78 is 0. The van der Waals surface area contributed by atoms with Crippen molar-refractivity contribution in [2.24, 2.45) is 0 Å². The molecule has 0 fully saturated rings. The first-order valence-electron chi connectivity index (χ1n) is 4.54. The predicted molar refractivity (Wildman–Crippen MR) is 54.3 cm³/mol. The Balaban J connectivity index is 2.12. The molecule has 4 heteroatoms. The van der Waals surface area contributed by atoms with Crippen molar-refractivity contribution in [1.29, 1.82) is 0 Å². The summed E-state index contributed by atoms with van der Waals surface area (Å²) in [6, 6.07) is 5.25. The number of carbonyl (C=O) groups is 1. The van der Waals surface area contributed by atoms with Crippen molar-refractivity contribution >= 4 is 5.78 Å². The van der Waals surface area contributed by atoms with Crippen molar-refractivity contribution < 1.29 is 4.79 Å². The van der Waals surface area contributed by atoms with Crippen LogP contribution in [0.15, 0.2) is 43.1 Å². The summed E-state index contributed by atoms with van der Waals surface area (Å²) in [4.78, 5) is 23.3. The van der Waals surface area contributed by atoms with E-state index in [4.69, 9.17) is 0 Å². The first kappa shape index (κ1) is 9.45. The maximum atomic E-state index is 11.7. The first-order valence-corrected chi connectivity index (χ1v) is 4.54. The van der Waals surface area contributed by atoms with Gasteiger partial charge < -0.3 is 0 Å². The second-order valence-corrected chi connectivity index (χ2v) is 3.05. The quantitative estimate of drug-likeness (QED) is 0.699. The molecule has 0 saturated carbocycles. The molecule has 2 rings (SSSR count). The Hall–Kier alpha value is -2.10. The molecule has 0 N–H and O–H groups in total. The number of hydrogen-bond acceptors (Lipinski definition) is 4. The molecule has 4 nitrogen and oxygen atoms in total. The predicted octanol–water partition coefficient (Wildman–Crippen LogP) is 1.30. The highest BCUT2D eigenvalue weighted by molar-refractivity contribution is 5.95. The van der Waals surface area contributed by atoms with Crippen LogP contribution in [0.1, 0.15) is 16.1 Å². The zero-order chi connectivity index (χ0) is 10.5. The Morgan fingerprint density at radius 3 is 2.47 bits per heavy atom. The van der Waals surface area contributed by atoms with Gasteiger partial charge in [-0.25, -0.2) is 9.97 Å². The van der Waals surface area contributed by atoms with Gasteiger partial charge >= 0.3 is 0 Å². The lowest BCUT2D eigenvalue weighted by molar-refractivity contribution is 0.0988. The Labute approximate surface area is 87.0 Å². The third kappa shape index (κ3) is 2.43. The fraction of sp³-hybridized carbons (Fsp3) is 0.0909. The second-order valence-electron chi connectivity index (χ2n) is 3.05. The van der Waals surface area contributed by atoms with E-state index in [-0.39, 0.29) is 5.78 Å². The van der Waals surface area contributed by atoms with Gasteiger partial charge in [-0.15, -0.1) is 0 Å². The maximum absolute atomic E-state index is 11.7. The van der Waals surface area contributed by atoms with Gasteiger partial charge in [0.1, 0.15) is 12.0 Å². The van der Waals surface area contributed by atoms with Gasteiger partial charge in [0.15, 0.2) is 5.78 Å². The van der Waals surface area contributed by atoms with Crippen molar-refractivity contribution in [2.45, 2.75) is 6.42 Å². The molecule has 2 aromatic heterocycles. The molecule has 0 aliphatic carbocycles. The molecule has 0 radical (unpaired) electrons. The minimum Gasteiger partial charge on any atom is -0.292 e. The molecule has 0 spiro atoms. The minimum atomic E-state index is -0.0106. The largest absolute Gasteiger partial charge is 0.292 e. The van der Waals surface area contributed by atoms with Crippen molar-refractivity contribution in [3.63, 3.8) is 0 Å². The molecule has 15 heavy (non-hydrogen) atoms. The van der Waals surface area contributed by atoms with E-state index in [1.165, 1.54) is 6.33 Å². The van der Waals surface area contributed by atoms with Crippen LogP contribution >= 0.6 is 0 Å². The Morgan fingerprint density at radius 2 is 1.80 bits per heavy atom. The highest BCUT2D eigenvalue weighted by Gasteiger charge is 2.07. The summed E-state index contributed by atoms with van der Waals surface area (Å²) >= 11 is 0. The topological polar surface area (TPSA) is 55.7 Å². The van der Waals surface area contributed by atoms with Crippen molar-refractivity contribution in [1.82, 2.24) is 15.0 Å². The molecule has 0 aromatic carbocycles. The van der Waals surface area contributed by atoms with E-state index in [2.05, 4.69) is 15.0 Å². The smallest absolute Gasteiger partial charge is 0.185 e. The number of Topliss-reactive ketones (excluding diaryl/α,β-unsaturated/α-hetero) is 1. The Morgan fingerprint density at radius 1 is 1.07 bits per heavy atom. The van der Waals surface area contributed by atoms with Crippen LogP contribution in [0.5, 0.6) is 0 Å². The number of ketones is 1. The van der Waals surface area contributed by atoms with E-state index in [1.807, 2.05) is 12.1 Å².